The number of carboxylic acid groups (broad SMARTS) is 1. The van der Waals surface area contributed by atoms with Crippen LogP contribution in [0.25, 0.3) is 0 Å². The predicted molar refractivity (Wildman–Crippen MR) is 93.0 cm³/mol. The molecule has 1 aliphatic heterocycles. The predicted octanol–water partition coefficient (Wildman–Crippen LogP) is 2.22. The fourth-order valence-corrected chi connectivity index (χ4v) is 2.70. The Balaban J connectivity index is 2.00. The third-order valence-electron chi connectivity index (χ3n) is 3.79. The molecule has 0 spiro atoms. The van der Waals surface area contributed by atoms with Crippen LogP contribution >= 0.6 is 11.6 Å². The molecule has 7 nitrogen and oxygen atoms in total. The fraction of sp³-hybridized carbons (Fsp3) is 0.471. The lowest BCUT2D eigenvalue weighted by atomic mass is 10.0. The smallest absolute Gasteiger partial charge is 0.303 e. The highest BCUT2D eigenvalue weighted by atomic mass is 35.5. The number of benzene rings is 1. The molecule has 8 heteroatoms. The van der Waals surface area contributed by atoms with Crippen molar-refractivity contribution in [2.45, 2.75) is 38.7 Å². The SMILES string of the molecule is CC1(C)Oc2ccc(Cl)cc2N(CCC(=O)NCCCC(=O)O)C1=O. The molecule has 1 aliphatic rings. The molecule has 0 bridgehead atoms. The number of nitrogens with zero attached hydrogens (tertiary/aromatic N) is 1. The average Bonchev–Trinajstić information content (AvgIpc) is 2.52. The molecule has 0 aromatic heterocycles. The maximum Gasteiger partial charge on any atom is 0.303 e. The Hall–Kier alpha value is -2.28. The van der Waals surface area contributed by atoms with Gasteiger partial charge in [0.25, 0.3) is 5.91 Å². The Bertz CT molecular complexity index is 690. The van der Waals surface area contributed by atoms with E-state index >= 15 is 0 Å². The van der Waals surface area contributed by atoms with Crippen LogP contribution in [0.15, 0.2) is 18.2 Å². The first kappa shape index (κ1) is 19.1. The van der Waals surface area contributed by atoms with Crippen molar-refractivity contribution >= 4 is 35.1 Å². The van der Waals surface area contributed by atoms with Gasteiger partial charge in [-0.3, -0.25) is 14.4 Å². The van der Waals surface area contributed by atoms with E-state index in [-0.39, 0.29) is 37.7 Å². The van der Waals surface area contributed by atoms with Gasteiger partial charge < -0.3 is 20.1 Å². The zero-order valence-corrected chi connectivity index (χ0v) is 14.9. The molecule has 136 valence electrons. The summed E-state index contributed by atoms with van der Waals surface area (Å²) in [7, 11) is 0. The van der Waals surface area contributed by atoms with Crippen molar-refractivity contribution in [2.24, 2.45) is 0 Å². The zero-order chi connectivity index (χ0) is 18.6. The van der Waals surface area contributed by atoms with Crippen LogP contribution < -0.4 is 15.0 Å². The first-order valence-electron chi connectivity index (χ1n) is 8.00. The Labute approximate surface area is 150 Å². The van der Waals surface area contributed by atoms with E-state index in [0.29, 0.717) is 22.9 Å². The lowest BCUT2D eigenvalue weighted by Crippen LogP contribution is -2.53. The van der Waals surface area contributed by atoms with Crippen LogP contribution in [0.2, 0.25) is 5.02 Å². The molecule has 2 amide bonds. The standard InChI is InChI=1S/C17H21ClN2O5/c1-17(2)16(24)20(12-10-11(18)5-6-13(12)25-17)9-7-14(21)19-8-3-4-15(22)23/h5-6,10H,3-4,7-9H2,1-2H3,(H,19,21)(H,22,23). The highest BCUT2D eigenvalue weighted by molar-refractivity contribution is 6.31. The normalized spacial score (nSPS) is 15.3. The minimum absolute atomic E-state index is 0.00228. The number of hydrogen-bond donors (Lipinski definition) is 2. The molecule has 0 fully saturated rings. The number of carboxylic acids is 1. The van der Waals surface area contributed by atoms with Gasteiger partial charge in [-0.1, -0.05) is 11.6 Å². The van der Waals surface area contributed by atoms with E-state index in [1.165, 1.54) is 4.90 Å². The number of amides is 2. The monoisotopic (exact) mass is 368 g/mol. The molecule has 1 aromatic carbocycles. The minimum atomic E-state index is -1.03. The highest BCUT2D eigenvalue weighted by Gasteiger charge is 2.40. The lowest BCUT2D eigenvalue weighted by Gasteiger charge is -2.38. The van der Waals surface area contributed by atoms with E-state index in [1.807, 2.05) is 0 Å². The van der Waals surface area contributed by atoms with Crippen molar-refractivity contribution in [2.75, 3.05) is 18.0 Å². The number of carbonyl (C=O) groups is 3. The molecular formula is C17H21ClN2O5. The number of carbonyl (C=O) groups excluding carboxylic acids is 2. The average molecular weight is 369 g/mol. The van der Waals surface area contributed by atoms with E-state index in [0.717, 1.165) is 0 Å². The molecular weight excluding hydrogens is 348 g/mol. The first-order valence-corrected chi connectivity index (χ1v) is 8.37. The van der Waals surface area contributed by atoms with Crippen LogP contribution in [0.1, 0.15) is 33.1 Å². The van der Waals surface area contributed by atoms with E-state index in [1.54, 1.807) is 32.0 Å². The highest BCUT2D eigenvalue weighted by Crippen LogP contribution is 2.39. The van der Waals surface area contributed by atoms with Gasteiger partial charge in [0, 0.05) is 31.0 Å². The van der Waals surface area contributed by atoms with E-state index in [4.69, 9.17) is 21.4 Å². The van der Waals surface area contributed by atoms with Crippen molar-refractivity contribution in [3.8, 4) is 5.75 Å². The molecule has 0 saturated carbocycles. The van der Waals surface area contributed by atoms with Crippen molar-refractivity contribution in [1.29, 1.82) is 0 Å². The summed E-state index contributed by atoms with van der Waals surface area (Å²) in [4.78, 5) is 36.5. The largest absolute Gasteiger partial charge is 0.481 e. The second-order valence-electron chi connectivity index (χ2n) is 6.28. The lowest BCUT2D eigenvalue weighted by molar-refractivity contribution is -0.137. The Kier molecular flexibility index (Phi) is 5.89. The number of hydrogen-bond acceptors (Lipinski definition) is 4. The van der Waals surface area contributed by atoms with Gasteiger partial charge in [0.05, 0.1) is 5.69 Å². The fourth-order valence-electron chi connectivity index (χ4n) is 2.53. The number of aliphatic carboxylic acids is 1. The van der Waals surface area contributed by atoms with Crippen molar-refractivity contribution in [3.05, 3.63) is 23.2 Å². The van der Waals surface area contributed by atoms with E-state index in [2.05, 4.69) is 5.32 Å². The quantitative estimate of drug-likeness (QED) is 0.719. The summed E-state index contributed by atoms with van der Waals surface area (Å²) in [6.45, 7) is 3.82. The first-order chi connectivity index (χ1) is 11.7. The van der Waals surface area contributed by atoms with Crippen molar-refractivity contribution < 1.29 is 24.2 Å². The minimum Gasteiger partial charge on any atom is -0.481 e. The zero-order valence-electron chi connectivity index (χ0n) is 14.2. The third kappa shape index (κ3) is 4.85. The summed E-state index contributed by atoms with van der Waals surface area (Å²) in [5.41, 5.74) is -0.491. The van der Waals surface area contributed by atoms with E-state index < -0.39 is 11.6 Å². The van der Waals surface area contributed by atoms with Gasteiger partial charge in [-0.05, 0) is 38.5 Å². The number of anilines is 1. The van der Waals surface area contributed by atoms with Gasteiger partial charge in [0.1, 0.15) is 5.75 Å². The molecule has 25 heavy (non-hydrogen) atoms. The molecule has 0 aliphatic carbocycles. The number of nitrogens with one attached hydrogen (secondary N) is 1. The summed E-state index contributed by atoms with van der Waals surface area (Å²) < 4.78 is 5.72. The maximum atomic E-state index is 12.6. The number of halogens is 1. The van der Waals surface area contributed by atoms with Gasteiger partial charge in [-0.15, -0.1) is 0 Å². The number of ether oxygens (including phenoxy) is 1. The van der Waals surface area contributed by atoms with Crippen LogP contribution in [0.3, 0.4) is 0 Å². The molecule has 0 radical (unpaired) electrons. The number of rotatable bonds is 7. The van der Waals surface area contributed by atoms with Crippen molar-refractivity contribution in [1.82, 2.24) is 5.32 Å². The Morgan fingerprint density at radius 1 is 1.32 bits per heavy atom. The van der Waals surface area contributed by atoms with Crippen LogP contribution in [-0.4, -0.2) is 41.6 Å². The Morgan fingerprint density at radius 3 is 2.72 bits per heavy atom. The second kappa shape index (κ2) is 7.74. The molecule has 2 rings (SSSR count). The van der Waals surface area contributed by atoms with Gasteiger partial charge >= 0.3 is 5.97 Å². The van der Waals surface area contributed by atoms with Gasteiger partial charge in [-0.2, -0.15) is 0 Å². The van der Waals surface area contributed by atoms with Gasteiger partial charge in [0.2, 0.25) is 5.91 Å². The van der Waals surface area contributed by atoms with Crippen LogP contribution in [0, 0.1) is 0 Å². The van der Waals surface area contributed by atoms with Gasteiger partial charge in [0.15, 0.2) is 5.60 Å². The molecule has 0 unspecified atom stereocenters. The Morgan fingerprint density at radius 2 is 2.04 bits per heavy atom. The molecule has 1 aromatic rings. The topological polar surface area (TPSA) is 95.9 Å². The number of fused-ring (bicyclic) bond motifs is 1. The summed E-state index contributed by atoms with van der Waals surface area (Å²) in [6.07, 6.45) is 0.464. The van der Waals surface area contributed by atoms with Crippen LogP contribution in [0.4, 0.5) is 5.69 Å². The van der Waals surface area contributed by atoms with Crippen LogP contribution in [0.5, 0.6) is 5.75 Å². The molecule has 1 heterocycles. The maximum absolute atomic E-state index is 12.6. The summed E-state index contributed by atoms with van der Waals surface area (Å²) in [5.74, 6) is -0.855. The molecule has 0 atom stereocenters. The van der Waals surface area contributed by atoms with Gasteiger partial charge in [-0.25, -0.2) is 0 Å². The molecule has 2 N–H and O–H groups in total. The third-order valence-corrected chi connectivity index (χ3v) is 4.02. The van der Waals surface area contributed by atoms with Crippen LogP contribution in [-0.2, 0) is 14.4 Å². The molecule has 0 saturated heterocycles. The van der Waals surface area contributed by atoms with Crippen molar-refractivity contribution in [3.63, 3.8) is 0 Å². The second-order valence-corrected chi connectivity index (χ2v) is 6.71. The van der Waals surface area contributed by atoms with E-state index in [9.17, 15) is 14.4 Å². The summed E-state index contributed by atoms with van der Waals surface area (Å²) >= 11 is 6.01. The summed E-state index contributed by atoms with van der Waals surface area (Å²) in [5, 5.41) is 11.7. The summed E-state index contributed by atoms with van der Waals surface area (Å²) in [6, 6.07) is 5.01.